The molecule has 0 aliphatic rings. The van der Waals surface area contributed by atoms with E-state index in [4.69, 9.17) is 4.98 Å². The Bertz CT molecular complexity index is 401. The lowest BCUT2D eigenvalue weighted by Gasteiger charge is -2.20. The van der Waals surface area contributed by atoms with E-state index >= 15 is 0 Å². The first-order valence-electron chi connectivity index (χ1n) is 8.09. The lowest BCUT2D eigenvalue weighted by atomic mass is 10.3. The Labute approximate surface area is 134 Å². The Morgan fingerprint density at radius 1 is 1.19 bits per heavy atom. The summed E-state index contributed by atoms with van der Waals surface area (Å²) in [5.41, 5.74) is 1.26. The average Bonchev–Trinajstić information content (AvgIpc) is 2.84. The van der Waals surface area contributed by atoms with Gasteiger partial charge in [-0.15, -0.1) is 11.3 Å². The highest BCUT2D eigenvalue weighted by molar-refractivity contribution is 7.15. The first kappa shape index (κ1) is 18.4. The van der Waals surface area contributed by atoms with Gasteiger partial charge < -0.3 is 15.1 Å². The quantitative estimate of drug-likeness (QED) is 0.720. The van der Waals surface area contributed by atoms with Crippen molar-refractivity contribution in [1.82, 2.24) is 15.2 Å². The van der Waals surface area contributed by atoms with Gasteiger partial charge in [0.25, 0.3) is 0 Å². The van der Waals surface area contributed by atoms with Gasteiger partial charge in [-0.1, -0.05) is 20.8 Å². The Kier molecular flexibility index (Phi) is 8.22. The third kappa shape index (κ3) is 6.32. The molecule has 0 bridgehead atoms. The summed E-state index contributed by atoms with van der Waals surface area (Å²) in [6.07, 6.45) is 2.20. The van der Waals surface area contributed by atoms with Crippen molar-refractivity contribution in [2.24, 2.45) is 0 Å². The smallest absolute Gasteiger partial charge is 0.185 e. The molecule has 122 valence electrons. The lowest BCUT2D eigenvalue weighted by molar-refractivity contribution is 0.400. The number of nitrogens with one attached hydrogen (secondary N) is 1. The summed E-state index contributed by atoms with van der Waals surface area (Å²) in [7, 11) is 4.26. The van der Waals surface area contributed by atoms with E-state index in [1.54, 1.807) is 0 Å². The van der Waals surface area contributed by atoms with Crippen molar-refractivity contribution in [1.29, 1.82) is 0 Å². The maximum Gasteiger partial charge on any atom is 0.185 e. The molecule has 5 heteroatoms. The molecule has 1 aromatic rings. The molecule has 0 saturated heterocycles. The van der Waals surface area contributed by atoms with Crippen molar-refractivity contribution in [3.05, 3.63) is 10.6 Å². The molecule has 0 radical (unpaired) electrons. The molecular formula is C16H32N4S. The SMILES string of the molecule is CCc1nc(N(CC)CCCN(C)C)sc1CNC(C)C. The fourth-order valence-electron chi connectivity index (χ4n) is 2.18. The van der Waals surface area contributed by atoms with E-state index in [9.17, 15) is 0 Å². The zero-order chi connectivity index (χ0) is 15.8. The number of anilines is 1. The minimum Gasteiger partial charge on any atom is -0.348 e. The van der Waals surface area contributed by atoms with E-state index in [2.05, 4.69) is 56.9 Å². The second kappa shape index (κ2) is 9.38. The van der Waals surface area contributed by atoms with Crippen molar-refractivity contribution in [2.45, 2.75) is 53.1 Å². The summed E-state index contributed by atoms with van der Waals surface area (Å²) >= 11 is 1.86. The Balaban J connectivity index is 2.70. The highest BCUT2D eigenvalue weighted by Gasteiger charge is 2.14. The molecule has 0 amide bonds. The molecule has 0 saturated carbocycles. The van der Waals surface area contributed by atoms with Gasteiger partial charge in [0.05, 0.1) is 5.69 Å². The summed E-state index contributed by atoms with van der Waals surface area (Å²) in [6, 6.07) is 0.516. The van der Waals surface area contributed by atoms with Gasteiger partial charge in [0.1, 0.15) is 0 Å². The van der Waals surface area contributed by atoms with Crippen molar-refractivity contribution < 1.29 is 0 Å². The maximum absolute atomic E-state index is 4.87. The minimum atomic E-state index is 0.516. The van der Waals surface area contributed by atoms with E-state index < -0.39 is 0 Å². The van der Waals surface area contributed by atoms with Gasteiger partial charge in [0, 0.05) is 30.6 Å². The highest BCUT2D eigenvalue weighted by Crippen LogP contribution is 2.27. The maximum atomic E-state index is 4.87. The van der Waals surface area contributed by atoms with Crippen LogP contribution in [0.1, 0.15) is 44.7 Å². The first-order valence-corrected chi connectivity index (χ1v) is 8.91. The number of aromatic nitrogens is 1. The van der Waals surface area contributed by atoms with Crippen LogP contribution in [0.25, 0.3) is 0 Å². The molecular weight excluding hydrogens is 280 g/mol. The van der Waals surface area contributed by atoms with Crippen LogP contribution in [0.15, 0.2) is 0 Å². The van der Waals surface area contributed by atoms with Crippen molar-refractivity contribution in [3.63, 3.8) is 0 Å². The summed E-state index contributed by atoms with van der Waals surface area (Å²) in [5.74, 6) is 0. The number of thiazole rings is 1. The second-order valence-electron chi connectivity index (χ2n) is 5.99. The molecule has 0 aliphatic carbocycles. The van der Waals surface area contributed by atoms with Crippen LogP contribution in [-0.4, -0.2) is 49.7 Å². The highest BCUT2D eigenvalue weighted by atomic mass is 32.1. The number of hydrogen-bond donors (Lipinski definition) is 1. The number of hydrogen-bond acceptors (Lipinski definition) is 5. The molecule has 0 spiro atoms. The Morgan fingerprint density at radius 2 is 1.90 bits per heavy atom. The van der Waals surface area contributed by atoms with E-state index in [0.29, 0.717) is 6.04 Å². The zero-order valence-electron chi connectivity index (χ0n) is 14.6. The van der Waals surface area contributed by atoms with Crippen molar-refractivity contribution >= 4 is 16.5 Å². The third-order valence-corrected chi connectivity index (χ3v) is 4.62. The lowest BCUT2D eigenvalue weighted by Crippen LogP contribution is -2.26. The van der Waals surface area contributed by atoms with Crippen LogP contribution in [0.5, 0.6) is 0 Å². The van der Waals surface area contributed by atoms with Crippen LogP contribution >= 0.6 is 11.3 Å². The predicted molar refractivity (Wildman–Crippen MR) is 94.5 cm³/mol. The van der Waals surface area contributed by atoms with E-state index in [-0.39, 0.29) is 0 Å². The molecule has 0 atom stereocenters. The molecule has 0 unspecified atom stereocenters. The van der Waals surface area contributed by atoms with Crippen LogP contribution in [0, 0.1) is 0 Å². The van der Waals surface area contributed by atoms with E-state index in [0.717, 1.165) is 32.6 Å². The van der Waals surface area contributed by atoms with Gasteiger partial charge in [0.2, 0.25) is 0 Å². The fourth-order valence-corrected chi connectivity index (χ4v) is 3.37. The number of rotatable bonds is 10. The summed E-state index contributed by atoms with van der Waals surface area (Å²) in [6.45, 7) is 13.0. The van der Waals surface area contributed by atoms with Gasteiger partial charge in [-0.25, -0.2) is 4.98 Å². The van der Waals surface area contributed by atoms with E-state index in [1.165, 1.54) is 22.1 Å². The van der Waals surface area contributed by atoms with Gasteiger partial charge >= 0.3 is 0 Å². The van der Waals surface area contributed by atoms with Crippen LogP contribution in [0.3, 0.4) is 0 Å². The van der Waals surface area contributed by atoms with Crippen molar-refractivity contribution in [3.8, 4) is 0 Å². The molecule has 1 N–H and O–H groups in total. The first-order chi connectivity index (χ1) is 9.97. The standard InChI is InChI=1S/C16H32N4S/c1-7-14-15(12-17-13(3)4)21-16(18-14)20(8-2)11-9-10-19(5)6/h13,17H,7-12H2,1-6H3. The molecule has 1 aromatic heterocycles. The largest absolute Gasteiger partial charge is 0.348 e. The molecule has 4 nitrogen and oxygen atoms in total. The van der Waals surface area contributed by atoms with Gasteiger partial charge in [-0.3, -0.25) is 0 Å². The van der Waals surface area contributed by atoms with Crippen LogP contribution in [0.4, 0.5) is 5.13 Å². The minimum absolute atomic E-state index is 0.516. The average molecular weight is 313 g/mol. The monoisotopic (exact) mass is 312 g/mol. The number of nitrogens with zero attached hydrogens (tertiary/aromatic N) is 3. The second-order valence-corrected chi connectivity index (χ2v) is 7.05. The summed E-state index contributed by atoms with van der Waals surface area (Å²) in [5, 5.41) is 4.70. The third-order valence-electron chi connectivity index (χ3n) is 3.46. The summed E-state index contributed by atoms with van der Waals surface area (Å²) < 4.78 is 0. The zero-order valence-corrected chi connectivity index (χ0v) is 15.4. The normalized spacial score (nSPS) is 11.6. The molecule has 0 fully saturated rings. The van der Waals surface area contributed by atoms with Crippen LogP contribution in [-0.2, 0) is 13.0 Å². The molecule has 0 aliphatic heterocycles. The van der Waals surface area contributed by atoms with Crippen molar-refractivity contribution in [2.75, 3.05) is 38.6 Å². The Morgan fingerprint density at radius 3 is 2.43 bits per heavy atom. The molecule has 21 heavy (non-hydrogen) atoms. The number of aryl methyl sites for hydroxylation is 1. The molecule has 1 heterocycles. The van der Waals surface area contributed by atoms with Gasteiger partial charge in [-0.05, 0) is 40.4 Å². The van der Waals surface area contributed by atoms with Gasteiger partial charge in [0.15, 0.2) is 5.13 Å². The predicted octanol–water partition coefficient (Wildman–Crippen LogP) is 2.98. The fraction of sp³-hybridized carbons (Fsp3) is 0.812. The van der Waals surface area contributed by atoms with Crippen LogP contribution in [0.2, 0.25) is 0 Å². The van der Waals surface area contributed by atoms with Gasteiger partial charge in [-0.2, -0.15) is 0 Å². The molecule has 0 aromatic carbocycles. The topological polar surface area (TPSA) is 31.4 Å². The Hall–Kier alpha value is -0.650. The molecule has 1 rings (SSSR count). The van der Waals surface area contributed by atoms with Crippen LogP contribution < -0.4 is 10.2 Å². The van der Waals surface area contributed by atoms with E-state index in [1.807, 2.05) is 11.3 Å². The summed E-state index contributed by atoms with van der Waals surface area (Å²) in [4.78, 5) is 10.9.